The lowest BCUT2D eigenvalue weighted by molar-refractivity contribution is 0.188. The van der Waals surface area contributed by atoms with Gasteiger partial charge < -0.3 is 10.4 Å². The fraction of sp³-hybridized carbons (Fsp3) is 1.00. The molecule has 66 valence electrons. The lowest BCUT2D eigenvalue weighted by Gasteiger charge is -2.25. The summed E-state index contributed by atoms with van der Waals surface area (Å²) in [6.45, 7) is 3.64. The second-order valence-electron chi connectivity index (χ2n) is 3.64. The molecule has 1 unspecified atom stereocenters. The van der Waals surface area contributed by atoms with E-state index in [0.29, 0.717) is 0 Å². The second-order valence-corrected chi connectivity index (χ2v) is 3.64. The normalized spacial score (nSPS) is 21.3. The molecule has 11 heavy (non-hydrogen) atoms. The van der Waals surface area contributed by atoms with E-state index in [2.05, 4.69) is 5.32 Å². The van der Waals surface area contributed by atoms with Crippen LogP contribution in [0.5, 0.6) is 0 Å². The third kappa shape index (κ3) is 3.73. The summed E-state index contributed by atoms with van der Waals surface area (Å²) in [7, 11) is 0. The molecule has 2 N–H and O–H groups in total. The van der Waals surface area contributed by atoms with Gasteiger partial charge in [-0.15, -0.1) is 0 Å². The van der Waals surface area contributed by atoms with E-state index < -0.39 is 0 Å². The Bertz CT molecular complexity index is 99.7. The van der Waals surface area contributed by atoms with Gasteiger partial charge in [0.25, 0.3) is 0 Å². The zero-order valence-electron chi connectivity index (χ0n) is 7.34. The van der Waals surface area contributed by atoms with E-state index in [-0.39, 0.29) is 6.10 Å². The molecule has 0 bridgehead atoms. The Morgan fingerprint density at radius 3 is 2.73 bits per heavy atom. The summed E-state index contributed by atoms with van der Waals surface area (Å²) in [4.78, 5) is 0. The van der Waals surface area contributed by atoms with Crippen LogP contribution < -0.4 is 5.32 Å². The molecule has 0 aromatic carbocycles. The molecule has 0 amide bonds. The van der Waals surface area contributed by atoms with Crippen LogP contribution in [0.4, 0.5) is 0 Å². The summed E-state index contributed by atoms with van der Waals surface area (Å²) < 4.78 is 0. The molecule has 2 heteroatoms. The van der Waals surface area contributed by atoms with Gasteiger partial charge in [0.2, 0.25) is 0 Å². The summed E-state index contributed by atoms with van der Waals surface area (Å²) in [5.74, 6) is 0.983. The monoisotopic (exact) mass is 157 g/mol. The van der Waals surface area contributed by atoms with Crippen molar-refractivity contribution in [3.8, 4) is 0 Å². The Kier molecular flexibility index (Phi) is 3.87. The quantitative estimate of drug-likeness (QED) is 0.587. The van der Waals surface area contributed by atoms with Crippen LogP contribution in [0.3, 0.4) is 0 Å². The van der Waals surface area contributed by atoms with Crippen LogP contribution in [0.2, 0.25) is 0 Å². The fourth-order valence-corrected chi connectivity index (χ4v) is 1.40. The second kappa shape index (κ2) is 4.73. The van der Waals surface area contributed by atoms with Crippen molar-refractivity contribution < 1.29 is 5.11 Å². The van der Waals surface area contributed by atoms with Crippen LogP contribution in [-0.2, 0) is 0 Å². The topological polar surface area (TPSA) is 32.3 Å². The highest BCUT2D eigenvalue weighted by Crippen LogP contribution is 2.28. The van der Waals surface area contributed by atoms with E-state index in [1.165, 1.54) is 25.7 Å². The van der Waals surface area contributed by atoms with E-state index in [0.717, 1.165) is 19.0 Å². The Morgan fingerprint density at radius 2 is 2.27 bits per heavy atom. The van der Waals surface area contributed by atoms with Crippen molar-refractivity contribution in [2.75, 3.05) is 13.1 Å². The summed E-state index contributed by atoms with van der Waals surface area (Å²) in [5.41, 5.74) is 0. The fourth-order valence-electron chi connectivity index (χ4n) is 1.40. The van der Waals surface area contributed by atoms with Crippen molar-refractivity contribution in [3.63, 3.8) is 0 Å². The SMILES string of the molecule is CC(O)CNCCC1CCC1. The van der Waals surface area contributed by atoms with E-state index >= 15 is 0 Å². The standard InChI is InChI=1S/C9H19NO/c1-8(11)7-10-6-5-9-3-2-4-9/h8-11H,2-7H2,1H3. The van der Waals surface area contributed by atoms with Gasteiger partial charge in [-0.3, -0.25) is 0 Å². The van der Waals surface area contributed by atoms with Crippen molar-refractivity contribution in [2.45, 2.75) is 38.7 Å². The van der Waals surface area contributed by atoms with Gasteiger partial charge in [0.1, 0.15) is 0 Å². The molecular formula is C9H19NO. The minimum Gasteiger partial charge on any atom is -0.392 e. The number of hydrogen-bond acceptors (Lipinski definition) is 2. The van der Waals surface area contributed by atoms with Crippen molar-refractivity contribution in [1.82, 2.24) is 5.32 Å². The van der Waals surface area contributed by atoms with Gasteiger partial charge in [-0.1, -0.05) is 19.3 Å². The highest BCUT2D eigenvalue weighted by atomic mass is 16.3. The third-order valence-corrected chi connectivity index (χ3v) is 2.39. The van der Waals surface area contributed by atoms with Crippen molar-refractivity contribution >= 4 is 0 Å². The molecule has 1 fully saturated rings. The van der Waals surface area contributed by atoms with E-state index in [1.807, 2.05) is 6.92 Å². The number of nitrogens with one attached hydrogen (secondary N) is 1. The lowest BCUT2D eigenvalue weighted by atomic mass is 9.83. The summed E-state index contributed by atoms with van der Waals surface area (Å²) in [6, 6.07) is 0. The molecule has 0 aromatic rings. The maximum atomic E-state index is 8.93. The van der Waals surface area contributed by atoms with Crippen LogP contribution in [0.25, 0.3) is 0 Å². The Morgan fingerprint density at radius 1 is 1.55 bits per heavy atom. The number of aliphatic hydroxyl groups excluding tert-OH is 1. The molecule has 0 aliphatic heterocycles. The molecule has 1 rings (SSSR count). The highest BCUT2D eigenvalue weighted by molar-refractivity contribution is 4.70. The van der Waals surface area contributed by atoms with Gasteiger partial charge in [0.05, 0.1) is 6.10 Å². The summed E-state index contributed by atoms with van der Waals surface area (Å²) >= 11 is 0. The Hall–Kier alpha value is -0.0800. The molecular weight excluding hydrogens is 138 g/mol. The van der Waals surface area contributed by atoms with Gasteiger partial charge >= 0.3 is 0 Å². The molecule has 0 aromatic heterocycles. The van der Waals surface area contributed by atoms with Gasteiger partial charge in [-0.25, -0.2) is 0 Å². The van der Waals surface area contributed by atoms with Crippen LogP contribution >= 0.6 is 0 Å². The smallest absolute Gasteiger partial charge is 0.0636 e. The molecule has 1 saturated carbocycles. The van der Waals surface area contributed by atoms with Crippen molar-refractivity contribution in [3.05, 3.63) is 0 Å². The number of aliphatic hydroxyl groups is 1. The average molecular weight is 157 g/mol. The average Bonchev–Trinajstić information content (AvgIpc) is 1.82. The third-order valence-electron chi connectivity index (χ3n) is 2.39. The lowest BCUT2D eigenvalue weighted by Crippen LogP contribution is -2.27. The van der Waals surface area contributed by atoms with Crippen LogP contribution in [0.15, 0.2) is 0 Å². The largest absolute Gasteiger partial charge is 0.392 e. The zero-order valence-corrected chi connectivity index (χ0v) is 7.34. The first kappa shape index (κ1) is 9.01. The first-order valence-corrected chi connectivity index (χ1v) is 4.68. The minimum absolute atomic E-state index is 0.198. The number of hydrogen-bond donors (Lipinski definition) is 2. The van der Waals surface area contributed by atoms with E-state index in [4.69, 9.17) is 5.11 Å². The molecule has 0 radical (unpaired) electrons. The van der Waals surface area contributed by atoms with Crippen LogP contribution in [0, 0.1) is 5.92 Å². The van der Waals surface area contributed by atoms with Crippen molar-refractivity contribution in [2.24, 2.45) is 5.92 Å². The van der Waals surface area contributed by atoms with Gasteiger partial charge in [0.15, 0.2) is 0 Å². The molecule has 0 saturated heterocycles. The summed E-state index contributed by atoms with van der Waals surface area (Å²) in [5, 5.41) is 12.2. The van der Waals surface area contributed by atoms with Crippen LogP contribution in [0.1, 0.15) is 32.6 Å². The molecule has 0 spiro atoms. The maximum absolute atomic E-state index is 8.93. The number of rotatable bonds is 5. The van der Waals surface area contributed by atoms with E-state index in [9.17, 15) is 0 Å². The molecule has 0 heterocycles. The van der Waals surface area contributed by atoms with Crippen LogP contribution in [-0.4, -0.2) is 24.3 Å². The predicted octanol–water partition coefficient (Wildman–Crippen LogP) is 1.15. The van der Waals surface area contributed by atoms with Gasteiger partial charge in [-0.05, 0) is 25.8 Å². The Labute approximate surface area is 69.0 Å². The summed E-state index contributed by atoms with van der Waals surface area (Å²) in [6.07, 6.45) is 5.39. The maximum Gasteiger partial charge on any atom is 0.0636 e. The molecule has 1 atom stereocenters. The zero-order chi connectivity index (χ0) is 8.10. The van der Waals surface area contributed by atoms with E-state index in [1.54, 1.807) is 0 Å². The molecule has 1 aliphatic rings. The van der Waals surface area contributed by atoms with Gasteiger partial charge in [-0.2, -0.15) is 0 Å². The van der Waals surface area contributed by atoms with Gasteiger partial charge in [0, 0.05) is 6.54 Å². The minimum atomic E-state index is -0.198. The highest BCUT2D eigenvalue weighted by Gasteiger charge is 2.15. The predicted molar refractivity (Wildman–Crippen MR) is 46.5 cm³/mol. The van der Waals surface area contributed by atoms with Crippen molar-refractivity contribution in [1.29, 1.82) is 0 Å². The molecule has 2 nitrogen and oxygen atoms in total. The Balaban J connectivity index is 1.80. The first-order valence-electron chi connectivity index (χ1n) is 4.68. The first-order chi connectivity index (χ1) is 5.29. The molecule has 1 aliphatic carbocycles.